The molecule has 0 saturated heterocycles. The molecule has 0 aliphatic rings. The molecule has 0 aliphatic carbocycles. The predicted molar refractivity (Wildman–Crippen MR) is 57.9 cm³/mol. The van der Waals surface area contributed by atoms with Gasteiger partial charge in [0.25, 0.3) is 0 Å². The summed E-state index contributed by atoms with van der Waals surface area (Å²) in [4.78, 5) is 0. The van der Waals surface area contributed by atoms with Crippen molar-refractivity contribution < 1.29 is 8.95 Å². The molecule has 0 spiro atoms. The van der Waals surface area contributed by atoms with E-state index >= 15 is 0 Å². The van der Waals surface area contributed by atoms with Crippen LogP contribution in [0.3, 0.4) is 0 Å². The van der Waals surface area contributed by atoms with Gasteiger partial charge in [-0.15, -0.1) is 11.7 Å². The van der Waals surface area contributed by atoms with E-state index in [0.29, 0.717) is 5.92 Å². The van der Waals surface area contributed by atoms with Gasteiger partial charge in [-0.3, -0.25) is 0 Å². The lowest BCUT2D eigenvalue weighted by Crippen LogP contribution is -2.33. The molecule has 0 radical (unpaired) electrons. The Morgan fingerprint density at radius 1 is 1.54 bits per heavy atom. The van der Waals surface area contributed by atoms with E-state index in [1.165, 1.54) is 0 Å². The fraction of sp³-hybridized carbons (Fsp3) is 0.667. The van der Waals surface area contributed by atoms with E-state index in [9.17, 15) is 0 Å². The van der Waals surface area contributed by atoms with Crippen LogP contribution >= 0.6 is 0 Å². The minimum absolute atomic E-state index is 0.403. The zero-order valence-corrected chi connectivity index (χ0v) is 10.1. The van der Waals surface area contributed by atoms with Crippen molar-refractivity contribution in [3.8, 4) is 0 Å². The Bertz CT molecular complexity index is 204. The highest BCUT2D eigenvalue weighted by atomic mass is 28.4. The summed E-state index contributed by atoms with van der Waals surface area (Å²) in [5.41, 5.74) is 2.68. The van der Waals surface area contributed by atoms with Crippen LogP contribution in [0.15, 0.2) is 17.4 Å². The molecular weight excluding hydrogens is 182 g/mol. The van der Waals surface area contributed by atoms with Crippen LogP contribution in [0.25, 0.3) is 0 Å². The lowest BCUT2D eigenvalue weighted by Gasteiger charge is -2.18. The Morgan fingerprint density at radius 3 is 2.38 bits per heavy atom. The van der Waals surface area contributed by atoms with E-state index in [2.05, 4.69) is 25.6 Å². The molecule has 76 valence electrons. The van der Waals surface area contributed by atoms with Crippen LogP contribution in [-0.2, 0) is 8.95 Å². The van der Waals surface area contributed by atoms with Crippen molar-refractivity contribution in [2.75, 3.05) is 7.11 Å². The summed E-state index contributed by atoms with van der Waals surface area (Å²) in [6, 6.07) is 0. The third kappa shape index (κ3) is 4.24. The number of oxime groups is 1. The first-order chi connectivity index (χ1) is 5.95. The zero-order valence-electron chi connectivity index (χ0n) is 9.13. The highest BCUT2D eigenvalue weighted by Crippen LogP contribution is 2.08. The molecule has 1 unspecified atom stereocenters. The van der Waals surface area contributed by atoms with Crippen LogP contribution < -0.4 is 0 Å². The molecule has 0 aliphatic heterocycles. The van der Waals surface area contributed by atoms with E-state index in [1.54, 1.807) is 12.8 Å². The van der Waals surface area contributed by atoms with Crippen molar-refractivity contribution in [2.45, 2.75) is 27.3 Å². The smallest absolute Gasteiger partial charge is 0.417 e. The van der Waals surface area contributed by atoms with Crippen LogP contribution in [0.4, 0.5) is 0 Å². The largest absolute Gasteiger partial charge is 0.449 e. The second-order valence-corrected chi connectivity index (χ2v) is 6.43. The molecule has 0 rings (SSSR count). The summed E-state index contributed by atoms with van der Waals surface area (Å²) >= 11 is 0. The van der Waals surface area contributed by atoms with Gasteiger partial charge in [-0.05, 0) is 25.1 Å². The molecule has 0 aromatic heterocycles. The summed E-state index contributed by atoms with van der Waals surface area (Å²) in [5, 5.41) is 4.02. The van der Waals surface area contributed by atoms with Crippen molar-refractivity contribution in [2.24, 2.45) is 11.1 Å². The van der Waals surface area contributed by atoms with Crippen molar-refractivity contribution in [3.63, 3.8) is 0 Å². The fourth-order valence-corrected chi connectivity index (χ4v) is 1.07. The molecule has 0 heterocycles. The van der Waals surface area contributed by atoms with Gasteiger partial charge in [-0.25, -0.2) is 0 Å². The third-order valence-electron chi connectivity index (χ3n) is 1.98. The summed E-state index contributed by atoms with van der Waals surface area (Å²) in [6.07, 6.45) is 0. The van der Waals surface area contributed by atoms with Crippen LogP contribution in [0.1, 0.15) is 20.8 Å². The van der Waals surface area contributed by atoms with Gasteiger partial charge in [-0.1, -0.05) is 13.8 Å². The van der Waals surface area contributed by atoms with E-state index in [-0.39, 0.29) is 0 Å². The van der Waals surface area contributed by atoms with Crippen molar-refractivity contribution >= 4 is 14.3 Å². The van der Waals surface area contributed by atoms with Crippen molar-refractivity contribution in [1.29, 1.82) is 0 Å². The lowest BCUT2D eigenvalue weighted by atomic mass is 10.1. The SMILES string of the molecule is C=C[Si](C)(OC)ON=C(C)C(C)C. The Labute approximate surface area is 81.7 Å². The highest BCUT2D eigenvalue weighted by Gasteiger charge is 2.28. The summed E-state index contributed by atoms with van der Waals surface area (Å²) in [6.45, 7) is 11.7. The third-order valence-corrected chi connectivity index (χ3v) is 3.99. The molecule has 0 aromatic rings. The standard InChI is InChI=1S/C9H19NO2Si/c1-7-13(6,11-5)12-10-9(4)8(2)3/h7-8H,1H2,2-6H3. The molecule has 0 N–H and O–H groups in total. The van der Waals surface area contributed by atoms with E-state index in [1.807, 2.05) is 13.5 Å². The Morgan fingerprint density at radius 2 is 2.08 bits per heavy atom. The lowest BCUT2D eigenvalue weighted by molar-refractivity contribution is 0.225. The minimum atomic E-state index is -2.23. The molecule has 3 nitrogen and oxygen atoms in total. The first-order valence-corrected chi connectivity index (χ1v) is 6.76. The molecule has 0 bridgehead atoms. The van der Waals surface area contributed by atoms with E-state index < -0.39 is 8.56 Å². The van der Waals surface area contributed by atoms with Crippen LogP contribution in [0, 0.1) is 5.92 Å². The Kier molecular flexibility index (Phi) is 4.94. The second kappa shape index (κ2) is 5.19. The average molecular weight is 201 g/mol. The van der Waals surface area contributed by atoms with Crippen LogP contribution in [0.2, 0.25) is 6.55 Å². The van der Waals surface area contributed by atoms with Gasteiger partial charge in [0.1, 0.15) is 0 Å². The molecule has 0 amide bonds. The summed E-state index contributed by atoms with van der Waals surface area (Å²) < 4.78 is 10.5. The normalized spacial score (nSPS) is 16.9. The number of nitrogens with zero attached hydrogens (tertiary/aromatic N) is 1. The van der Waals surface area contributed by atoms with Crippen LogP contribution in [-0.4, -0.2) is 21.4 Å². The fourth-order valence-electron chi connectivity index (χ4n) is 0.426. The van der Waals surface area contributed by atoms with Gasteiger partial charge in [-0.2, -0.15) is 0 Å². The minimum Gasteiger partial charge on any atom is -0.417 e. The first kappa shape index (κ1) is 12.4. The molecule has 0 fully saturated rings. The summed E-state index contributed by atoms with van der Waals surface area (Å²) in [5.74, 6) is 0.403. The maximum absolute atomic E-state index is 5.34. The zero-order chi connectivity index (χ0) is 10.5. The molecule has 4 heteroatoms. The molecule has 13 heavy (non-hydrogen) atoms. The van der Waals surface area contributed by atoms with Crippen molar-refractivity contribution in [3.05, 3.63) is 12.3 Å². The van der Waals surface area contributed by atoms with Gasteiger partial charge in [0.2, 0.25) is 0 Å². The first-order valence-electron chi connectivity index (χ1n) is 4.36. The number of hydrogen-bond donors (Lipinski definition) is 0. The van der Waals surface area contributed by atoms with E-state index in [0.717, 1.165) is 5.71 Å². The monoisotopic (exact) mass is 201 g/mol. The Balaban J connectivity index is 4.28. The molecule has 0 aromatic carbocycles. The maximum atomic E-state index is 5.34. The Hall–Kier alpha value is -0.613. The molecular formula is C9H19NO2Si. The molecule has 1 atom stereocenters. The van der Waals surface area contributed by atoms with Gasteiger partial charge in [0.05, 0.1) is 5.71 Å². The van der Waals surface area contributed by atoms with Gasteiger partial charge in [0.15, 0.2) is 0 Å². The average Bonchev–Trinajstić information content (AvgIpc) is 2.13. The topological polar surface area (TPSA) is 30.8 Å². The van der Waals surface area contributed by atoms with Crippen molar-refractivity contribution in [1.82, 2.24) is 0 Å². The van der Waals surface area contributed by atoms with Crippen LogP contribution in [0.5, 0.6) is 0 Å². The number of rotatable bonds is 5. The van der Waals surface area contributed by atoms with Gasteiger partial charge >= 0.3 is 8.56 Å². The van der Waals surface area contributed by atoms with Gasteiger partial charge < -0.3 is 8.95 Å². The summed E-state index contributed by atoms with van der Waals surface area (Å²) in [7, 11) is -0.610. The second-order valence-electron chi connectivity index (χ2n) is 3.40. The van der Waals surface area contributed by atoms with E-state index in [4.69, 9.17) is 8.95 Å². The molecule has 0 saturated carbocycles. The quantitative estimate of drug-likeness (QED) is 0.389. The number of hydrogen-bond acceptors (Lipinski definition) is 3. The maximum Gasteiger partial charge on any atom is 0.449 e. The highest BCUT2D eigenvalue weighted by molar-refractivity contribution is 6.71. The van der Waals surface area contributed by atoms with Gasteiger partial charge in [0, 0.05) is 7.11 Å². The predicted octanol–water partition coefficient (Wildman–Crippen LogP) is 2.48.